The lowest BCUT2D eigenvalue weighted by Gasteiger charge is -2.07. The van der Waals surface area contributed by atoms with Gasteiger partial charge < -0.3 is 10.5 Å². The third-order valence-electron chi connectivity index (χ3n) is 2.48. The van der Waals surface area contributed by atoms with Gasteiger partial charge in [0.15, 0.2) is 0 Å². The summed E-state index contributed by atoms with van der Waals surface area (Å²) in [6, 6.07) is 7.63. The van der Waals surface area contributed by atoms with Crippen LogP contribution in [-0.2, 0) is 6.42 Å². The van der Waals surface area contributed by atoms with E-state index < -0.39 is 0 Å². The number of aromatic nitrogens is 1. The predicted octanol–water partition coefficient (Wildman–Crippen LogP) is 2.40. The highest BCUT2D eigenvalue weighted by Crippen LogP contribution is 2.27. The van der Waals surface area contributed by atoms with Gasteiger partial charge in [-0.2, -0.15) is 0 Å². The number of halogens is 1. The quantitative estimate of drug-likeness (QED) is 0.890. The third kappa shape index (κ3) is 1.96. The van der Waals surface area contributed by atoms with Crippen LogP contribution in [0, 0.1) is 0 Å². The summed E-state index contributed by atoms with van der Waals surface area (Å²) in [5.74, 6) is 0.593. The van der Waals surface area contributed by atoms with Crippen molar-refractivity contribution in [1.82, 2.24) is 4.98 Å². The second kappa shape index (κ2) is 4.68. The molecule has 0 saturated carbocycles. The first kappa shape index (κ1) is 11.2. The lowest BCUT2D eigenvalue weighted by atomic mass is 10.1. The minimum absolute atomic E-state index is 0.592. The van der Waals surface area contributed by atoms with E-state index in [1.807, 2.05) is 18.2 Å². The number of nitrogens with two attached hydrogens (primary N) is 1. The summed E-state index contributed by atoms with van der Waals surface area (Å²) in [5, 5.41) is 1.67. The Bertz CT molecular complexity index is 514. The zero-order valence-electron chi connectivity index (χ0n) is 9.03. The molecule has 4 heteroatoms. The largest absolute Gasteiger partial charge is 0.481 e. The van der Waals surface area contributed by atoms with Gasteiger partial charge in [0.25, 0.3) is 0 Å². The Balaban J connectivity index is 2.57. The number of methoxy groups -OCH3 is 1. The van der Waals surface area contributed by atoms with Gasteiger partial charge in [0.2, 0.25) is 5.88 Å². The topological polar surface area (TPSA) is 48.1 Å². The van der Waals surface area contributed by atoms with Crippen molar-refractivity contribution in [2.45, 2.75) is 6.42 Å². The number of pyridine rings is 1. The van der Waals surface area contributed by atoms with Gasteiger partial charge in [-0.25, -0.2) is 4.98 Å². The van der Waals surface area contributed by atoms with Crippen LogP contribution < -0.4 is 10.5 Å². The fraction of sp³-hybridized carbons (Fsp3) is 0.250. The monoisotopic (exact) mass is 236 g/mol. The zero-order chi connectivity index (χ0) is 11.5. The van der Waals surface area contributed by atoms with Gasteiger partial charge in [0.1, 0.15) is 0 Å². The molecule has 0 radical (unpaired) electrons. The van der Waals surface area contributed by atoms with E-state index in [0.717, 1.165) is 27.9 Å². The van der Waals surface area contributed by atoms with Crippen molar-refractivity contribution in [2.24, 2.45) is 5.73 Å². The van der Waals surface area contributed by atoms with Crippen molar-refractivity contribution in [2.75, 3.05) is 13.7 Å². The number of benzene rings is 1. The van der Waals surface area contributed by atoms with Crippen molar-refractivity contribution >= 4 is 22.5 Å². The summed E-state index contributed by atoms with van der Waals surface area (Å²) in [6.45, 7) is 0.592. The highest BCUT2D eigenvalue weighted by Gasteiger charge is 2.06. The van der Waals surface area contributed by atoms with E-state index in [-0.39, 0.29) is 0 Å². The van der Waals surface area contributed by atoms with E-state index >= 15 is 0 Å². The second-order valence-corrected chi connectivity index (χ2v) is 3.88. The fourth-order valence-electron chi connectivity index (χ4n) is 1.66. The third-order valence-corrected chi connectivity index (χ3v) is 2.93. The molecule has 0 aliphatic carbocycles. The molecule has 2 N–H and O–H groups in total. The lowest BCUT2D eigenvalue weighted by Crippen LogP contribution is -2.03. The van der Waals surface area contributed by atoms with Crippen LogP contribution in [0.2, 0.25) is 5.02 Å². The molecule has 2 rings (SSSR count). The van der Waals surface area contributed by atoms with Gasteiger partial charge in [-0.3, -0.25) is 0 Å². The zero-order valence-corrected chi connectivity index (χ0v) is 9.79. The van der Waals surface area contributed by atoms with Crippen LogP contribution >= 0.6 is 11.6 Å². The first-order valence-electron chi connectivity index (χ1n) is 5.08. The number of hydrogen-bond acceptors (Lipinski definition) is 3. The van der Waals surface area contributed by atoms with Gasteiger partial charge in [0.05, 0.1) is 17.6 Å². The molecule has 1 heterocycles. The van der Waals surface area contributed by atoms with Crippen LogP contribution in [-0.4, -0.2) is 18.6 Å². The van der Waals surface area contributed by atoms with E-state index in [1.165, 1.54) is 0 Å². The summed E-state index contributed by atoms with van der Waals surface area (Å²) < 4.78 is 5.07. The van der Waals surface area contributed by atoms with E-state index in [9.17, 15) is 0 Å². The maximum Gasteiger partial charge on any atom is 0.213 e. The number of fused-ring (bicyclic) bond motifs is 1. The molecule has 0 aliphatic heterocycles. The molecule has 0 aliphatic rings. The van der Waals surface area contributed by atoms with E-state index in [0.29, 0.717) is 12.4 Å². The first-order valence-corrected chi connectivity index (χ1v) is 5.46. The summed E-state index contributed by atoms with van der Waals surface area (Å²) in [5.41, 5.74) is 7.42. The standard InChI is InChI=1S/C12H13ClN2O/c1-16-11-5-3-9-10(15-11)4-2-8(6-7-14)12(9)13/h2-5H,6-7,14H2,1H3. The Morgan fingerprint density at radius 1 is 1.31 bits per heavy atom. The molecular formula is C12H13ClN2O. The maximum absolute atomic E-state index is 6.28. The predicted molar refractivity (Wildman–Crippen MR) is 66.1 cm³/mol. The van der Waals surface area contributed by atoms with Crippen LogP contribution in [0.4, 0.5) is 0 Å². The first-order chi connectivity index (χ1) is 7.76. The fourth-order valence-corrected chi connectivity index (χ4v) is 1.97. The van der Waals surface area contributed by atoms with Crippen molar-refractivity contribution < 1.29 is 4.74 Å². The number of rotatable bonds is 3. The minimum Gasteiger partial charge on any atom is -0.481 e. The Morgan fingerprint density at radius 3 is 2.81 bits per heavy atom. The lowest BCUT2D eigenvalue weighted by molar-refractivity contribution is 0.399. The van der Waals surface area contributed by atoms with Gasteiger partial charge in [-0.05, 0) is 30.7 Å². The van der Waals surface area contributed by atoms with Crippen LogP contribution in [0.15, 0.2) is 24.3 Å². The molecule has 0 fully saturated rings. The van der Waals surface area contributed by atoms with Crippen molar-refractivity contribution in [3.8, 4) is 5.88 Å². The molecule has 0 amide bonds. The Kier molecular flexibility index (Phi) is 3.27. The van der Waals surface area contributed by atoms with Crippen LogP contribution in [0.5, 0.6) is 5.88 Å². The number of hydrogen-bond donors (Lipinski definition) is 1. The molecule has 1 aromatic carbocycles. The molecular weight excluding hydrogens is 224 g/mol. The van der Waals surface area contributed by atoms with E-state index in [2.05, 4.69) is 4.98 Å². The normalized spacial score (nSPS) is 10.7. The molecule has 0 unspecified atom stereocenters. The molecule has 0 saturated heterocycles. The number of ether oxygens (including phenoxy) is 1. The van der Waals surface area contributed by atoms with Crippen LogP contribution in [0.25, 0.3) is 10.9 Å². The summed E-state index contributed by atoms with van der Waals surface area (Å²) in [7, 11) is 1.60. The van der Waals surface area contributed by atoms with Crippen LogP contribution in [0.1, 0.15) is 5.56 Å². The van der Waals surface area contributed by atoms with Gasteiger partial charge in [-0.15, -0.1) is 0 Å². The molecule has 84 valence electrons. The Morgan fingerprint density at radius 2 is 2.12 bits per heavy atom. The van der Waals surface area contributed by atoms with Crippen molar-refractivity contribution in [3.05, 3.63) is 34.9 Å². The highest BCUT2D eigenvalue weighted by molar-refractivity contribution is 6.36. The molecule has 0 bridgehead atoms. The second-order valence-electron chi connectivity index (χ2n) is 3.50. The smallest absolute Gasteiger partial charge is 0.213 e. The minimum atomic E-state index is 0.592. The molecule has 1 aromatic heterocycles. The van der Waals surface area contributed by atoms with Crippen LogP contribution in [0.3, 0.4) is 0 Å². The average molecular weight is 237 g/mol. The van der Waals surface area contributed by atoms with E-state index in [1.54, 1.807) is 13.2 Å². The maximum atomic E-state index is 6.28. The van der Waals surface area contributed by atoms with Crippen molar-refractivity contribution in [3.63, 3.8) is 0 Å². The molecule has 3 nitrogen and oxygen atoms in total. The SMILES string of the molecule is COc1ccc2c(Cl)c(CCN)ccc2n1. The van der Waals surface area contributed by atoms with Gasteiger partial charge in [0, 0.05) is 11.5 Å². The molecule has 0 spiro atoms. The molecule has 0 atom stereocenters. The Hall–Kier alpha value is -1.32. The molecule has 16 heavy (non-hydrogen) atoms. The summed E-state index contributed by atoms with van der Waals surface area (Å²) in [4.78, 5) is 4.32. The Labute approximate surface area is 99.2 Å². The highest BCUT2D eigenvalue weighted by atomic mass is 35.5. The average Bonchev–Trinajstić information content (AvgIpc) is 2.32. The van der Waals surface area contributed by atoms with Crippen molar-refractivity contribution in [1.29, 1.82) is 0 Å². The summed E-state index contributed by atoms with van der Waals surface area (Å²) in [6.07, 6.45) is 0.779. The molecule has 2 aromatic rings. The van der Waals surface area contributed by atoms with Gasteiger partial charge in [-0.1, -0.05) is 17.7 Å². The van der Waals surface area contributed by atoms with Gasteiger partial charge >= 0.3 is 0 Å². The van der Waals surface area contributed by atoms with E-state index in [4.69, 9.17) is 22.1 Å². The number of nitrogens with zero attached hydrogens (tertiary/aromatic N) is 1. The summed E-state index contributed by atoms with van der Waals surface area (Å²) >= 11 is 6.28.